The van der Waals surface area contributed by atoms with E-state index in [0.717, 1.165) is 55.7 Å². The average molecular weight is 531 g/mol. The zero-order valence-corrected chi connectivity index (χ0v) is 22.2. The summed E-state index contributed by atoms with van der Waals surface area (Å²) in [6, 6.07) is 9.67. The van der Waals surface area contributed by atoms with E-state index in [-0.39, 0.29) is 23.8 Å². The normalized spacial score (nSPS) is 23.1. The lowest BCUT2D eigenvalue weighted by Crippen LogP contribution is -2.38. The Morgan fingerprint density at radius 3 is 2.59 bits per heavy atom. The summed E-state index contributed by atoms with van der Waals surface area (Å²) in [7, 11) is 0. The molecule has 2 fully saturated rings. The first-order valence-electron chi connectivity index (χ1n) is 14.0. The molecule has 4 heterocycles. The number of aromatic nitrogens is 4. The number of fused-ring (bicyclic) bond motifs is 1. The molecule has 39 heavy (non-hydrogen) atoms. The maximum atomic E-state index is 13.7. The number of benzene rings is 1. The molecule has 6 rings (SSSR count). The lowest BCUT2D eigenvalue weighted by Gasteiger charge is -2.29. The quantitative estimate of drug-likeness (QED) is 0.463. The number of anilines is 1. The second kappa shape index (κ2) is 10.8. The standard InChI is InChI=1S/C29H34N6O4/c1-18-16-24(35(33-18)25-8-4-5-15-39-25)19-9-11-20(12-10-19)27(36)21-6-2-3-7-22(21)28(37)32-23-17-31-34-14-13-30-29(38)26(23)34/h9-12,16-17,21-22,25H,2-8,13-15H2,1H3,(H,30,38)(H,32,37)/t21-,22-,25?/m1/s1. The summed E-state index contributed by atoms with van der Waals surface area (Å²) in [5, 5.41) is 14.6. The highest BCUT2D eigenvalue weighted by Crippen LogP contribution is 2.35. The van der Waals surface area contributed by atoms with Gasteiger partial charge in [-0.05, 0) is 50.7 Å². The molecule has 3 aliphatic rings. The Hall–Kier alpha value is -3.79. The maximum Gasteiger partial charge on any atom is 0.271 e. The number of ketones is 1. The molecule has 0 bridgehead atoms. The molecule has 204 valence electrons. The van der Waals surface area contributed by atoms with Crippen LogP contribution in [-0.4, -0.2) is 50.3 Å². The summed E-state index contributed by atoms with van der Waals surface area (Å²) < 4.78 is 9.54. The second-order valence-electron chi connectivity index (χ2n) is 10.8. The van der Waals surface area contributed by atoms with E-state index in [0.29, 0.717) is 42.9 Å². The van der Waals surface area contributed by atoms with E-state index in [1.807, 2.05) is 41.9 Å². The highest BCUT2D eigenvalue weighted by molar-refractivity contribution is 6.06. The van der Waals surface area contributed by atoms with Crippen molar-refractivity contribution < 1.29 is 19.1 Å². The van der Waals surface area contributed by atoms with Gasteiger partial charge in [0.2, 0.25) is 5.91 Å². The molecule has 3 aromatic rings. The van der Waals surface area contributed by atoms with Crippen LogP contribution in [0.15, 0.2) is 36.5 Å². The highest BCUT2D eigenvalue weighted by atomic mass is 16.5. The smallest absolute Gasteiger partial charge is 0.271 e. The van der Waals surface area contributed by atoms with Crippen LogP contribution in [-0.2, 0) is 16.1 Å². The fourth-order valence-corrected chi connectivity index (χ4v) is 6.12. The molecule has 2 amide bonds. The van der Waals surface area contributed by atoms with Crippen molar-refractivity contribution in [3.8, 4) is 11.3 Å². The number of carbonyl (C=O) groups excluding carboxylic acids is 3. The topological polar surface area (TPSA) is 120 Å². The van der Waals surface area contributed by atoms with Crippen molar-refractivity contribution in [3.05, 3.63) is 53.5 Å². The molecule has 1 aliphatic carbocycles. The van der Waals surface area contributed by atoms with Gasteiger partial charge in [-0.25, -0.2) is 4.68 Å². The molecule has 1 unspecified atom stereocenters. The van der Waals surface area contributed by atoms with Crippen molar-refractivity contribution in [1.29, 1.82) is 0 Å². The average Bonchev–Trinajstić information content (AvgIpc) is 3.57. The Morgan fingerprint density at radius 1 is 1.05 bits per heavy atom. The minimum Gasteiger partial charge on any atom is -0.356 e. The third-order valence-corrected chi connectivity index (χ3v) is 8.11. The molecule has 10 nitrogen and oxygen atoms in total. The zero-order chi connectivity index (χ0) is 26.9. The third-order valence-electron chi connectivity index (χ3n) is 8.11. The fourth-order valence-electron chi connectivity index (χ4n) is 6.12. The fraction of sp³-hybridized carbons (Fsp3) is 0.483. The molecule has 1 saturated carbocycles. The summed E-state index contributed by atoms with van der Waals surface area (Å²) in [6.45, 7) is 3.78. The number of Topliss-reactive ketones (excluding diaryl/α,β-unsaturated/α-hetero) is 1. The summed E-state index contributed by atoms with van der Waals surface area (Å²) >= 11 is 0. The Morgan fingerprint density at radius 2 is 1.82 bits per heavy atom. The van der Waals surface area contributed by atoms with Gasteiger partial charge in [-0.2, -0.15) is 10.2 Å². The lowest BCUT2D eigenvalue weighted by atomic mass is 9.75. The molecule has 3 atom stereocenters. The summed E-state index contributed by atoms with van der Waals surface area (Å²) in [4.78, 5) is 39.4. The Labute approximate surface area is 227 Å². The van der Waals surface area contributed by atoms with E-state index in [9.17, 15) is 14.4 Å². The van der Waals surface area contributed by atoms with Crippen molar-refractivity contribution in [2.75, 3.05) is 18.5 Å². The molecule has 2 N–H and O–H groups in total. The molecule has 2 aliphatic heterocycles. The number of ether oxygens (including phenoxy) is 1. The molecule has 0 radical (unpaired) electrons. The van der Waals surface area contributed by atoms with Crippen molar-refractivity contribution in [2.45, 2.75) is 64.6 Å². The van der Waals surface area contributed by atoms with Crippen LogP contribution in [0.3, 0.4) is 0 Å². The number of amides is 2. The minimum absolute atomic E-state index is 0.0171. The van der Waals surface area contributed by atoms with E-state index >= 15 is 0 Å². The monoisotopic (exact) mass is 530 g/mol. The van der Waals surface area contributed by atoms with Gasteiger partial charge in [0.25, 0.3) is 5.91 Å². The number of rotatable bonds is 6. The van der Waals surface area contributed by atoms with Gasteiger partial charge in [-0.1, -0.05) is 37.1 Å². The number of aryl methyl sites for hydroxylation is 1. The van der Waals surface area contributed by atoms with Crippen molar-refractivity contribution in [3.63, 3.8) is 0 Å². The number of hydrogen-bond donors (Lipinski definition) is 2. The van der Waals surface area contributed by atoms with Gasteiger partial charge >= 0.3 is 0 Å². The van der Waals surface area contributed by atoms with Gasteiger partial charge in [0, 0.05) is 30.6 Å². The van der Waals surface area contributed by atoms with Crippen LogP contribution in [0.25, 0.3) is 11.3 Å². The predicted octanol–water partition coefficient (Wildman–Crippen LogP) is 4.13. The first-order valence-corrected chi connectivity index (χ1v) is 14.0. The van der Waals surface area contributed by atoms with Crippen LogP contribution in [0.2, 0.25) is 0 Å². The van der Waals surface area contributed by atoms with Gasteiger partial charge in [-0.3, -0.25) is 19.1 Å². The van der Waals surface area contributed by atoms with Crippen LogP contribution in [0.5, 0.6) is 0 Å². The van der Waals surface area contributed by atoms with Crippen LogP contribution >= 0.6 is 0 Å². The number of hydrogen-bond acceptors (Lipinski definition) is 6. The van der Waals surface area contributed by atoms with Gasteiger partial charge in [-0.15, -0.1) is 0 Å². The molecule has 1 aromatic carbocycles. The van der Waals surface area contributed by atoms with Crippen LogP contribution in [0, 0.1) is 18.8 Å². The largest absolute Gasteiger partial charge is 0.356 e. The minimum atomic E-state index is -0.458. The Kier molecular flexibility index (Phi) is 7.03. The van der Waals surface area contributed by atoms with Crippen molar-refractivity contribution in [1.82, 2.24) is 24.9 Å². The molecular formula is C29H34N6O4. The Bertz CT molecular complexity index is 1390. The second-order valence-corrected chi connectivity index (χ2v) is 10.8. The molecule has 10 heteroatoms. The van der Waals surface area contributed by atoms with Gasteiger partial charge in [0.05, 0.1) is 29.8 Å². The summed E-state index contributed by atoms with van der Waals surface area (Å²) in [5.74, 6) is -1.37. The molecule has 2 aromatic heterocycles. The van der Waals surface area contributed by atoms with E-state index in [2.05, 4.69) is 20.8 Å². The first-order chi connectivity index (χ1) is 19.0. The van der Waals surface area contributed by atoms with Crippen molar-refractivity contribution >= 4 is 23.3 Å². The van der Waals surface area contributed by atoms with Crippen LogP contribution in [0.4, 0.5) is 5.69 Å². The van der Waals surface area contributed by atoms with Crippen molar-refractivity contribution in [2.24, 2.45) is 11.8 Å². The number of carbonyl (C=O) groups is 3. The first kappa shape index (κ1) is 25.5. The van der Waals surface area contributed by atoms with Gasteiger partial charge in [0.15, 0.2) is 12.0 Å². The van der Waals surface area contributed by atoms with E-state index in [1.165, 1.54) is 6.20 Å². The summed E-state index contributed by atoms with van der Waals surface area (Å²) in [6.07, 6.45) is 7.66. The third kappa shape index (κ3) is 5.01. The maximum absolute atomic E-state index is 13.7. The van der Waals surface area contributed by atoms with E-state index < -0.39 is 11.8 Å². The van der Waals surface area contributed by atoms with Crippen LogP contribution in [0.1, 0.15) is 77.7 Å². The number of nitrogens with one attached hydrogen (secondary N) is 2. The van der Waals surface area contributed by atoms with E-state index in [4.69, 9.17) is 4.74 Å². The molecule has 1 saturated heterocycles. The van der Waals surface area contributed by atoms with Gasteiger partial charge < -0.3 is 15.4 Å². The SMILES string of the molecule is Cc1cc(-c2ccc(C(=O)[C@@H]3CCCC[C@H]3C(=O)Nc3cnn4c3C(=O)NCC4)cc2)n(C2CCCCO2)n1. The van der Waals surface area contributed by atoms with Gasteiger partial charge in [0.1, 0.15) is 5.69 Å². The molecular weight excluding hydrogens is 496 g/mol. The van der Waals surface area contributed by atoms with E-state index in [1.54, 1.807) is 4.68 Å². The summed E-state index contributed by atoms with van der Waals surface area (Å²) in [5.41, 5.74) is 4.23. The lowest BCUT2D eigenvalue weighted by molar-refractivity contribution is -0.122. The highest BCUT2D eigenvalue weighted by Gasteiger charge is 2.37. The predicted molar refractivity (Wildman–Crippen MR) is 144 cm³/mol. The zero-order valence-electron chi connectivity index (χ0n) is 22.2. The van der Waals surface area contributed by atoms with Crippen LogP contribution < -0.4 is 10.6 Å². The number of nitrogens with zero attached hydrogens (tertiary/aromatic N) is 4. The molecule has 0 spiro atoms. The Balaban J connectivity index is 1.19.